The Hall–Kier alpha value is -1.84. The van der Waals surface area contributed by atoms with Crippen LogP contribution in [0.15, 0.2) is 30.6 Å². The first-order valence-corrected chi connectivity index (χ1v) is 6.98. The monoisotopic (exact) mass is 259 g/mol. The molecule has 2 heterocycles. The van der Waals surface area contributed by atoms with Gasteiger partial charge in [-0.15, -0.1) is 0 Å². The van der Waals surface area contributed by atoms with Crippen molar-refractivity contribution >= 4 is 16.9 Å². The maximum absolute atomic E-state index is 11.4. The lowest BCUT2D eigenvalue weighted by molar-refractivity contribution is -0.121. The Balaban J connectivity index is 1.75. The summed E-state index contributed by atoms with van der Waals surface area (Å²) in [6.07, 6.45) is 7.47. The number of aryl methyl sites for hydroxylation is 1. The molecular formula is C15H21N3O. The number of hydrogen-bond acceptors (Lipinski definition) is 2. The number of hydrogen-bond donors (Lipinski definition) is 1. The first kappa shape index (κ1) is 13.6. The van der Waals surface area contributed by atoms with Gasteiger partial charge < -0.3 is 9.88 Å². The number of carbonyl (C=O) groups excluding carboxylic acids is 1. The standard InChI is InChI=1S/C15H21N3O/c1-2-3-7-14(19)16-10-5-11-18-12-8-13-6-4-9-17-15(13)18/h4,6,8-9,12H,2-3,5,7,10-11H2,1H3,(H,16,19). The summed E-state index contributed by atoms with van der Waals surface area (Å²) in [5, 5.41) is 4.12. The third-order valence-corrected chi connectivity index (χ3v) is 3.18. The minimum atomic E-state index is 0.164. The van der Waals surface area contributed by atoms with Crippen LogP contribution in [-0.4, -0.2) is 22.0 Å². The van der Waals surface area contributed by atoms with Gasteiger partial charge in [-0.3, -0.25) is 4.79 Å². The molecular weight excluding hydrogens is 238 g/mol. The molecule has 1 N–H and O–H groups in total. The molecule has 102 valence electrons. The normalized spacial score (nSPS) is 10.8. The first-order valence-electron chi connectivity index (χ1n) is 6.98. The van der Waals surface area contributed by atoms with Gasteiger partial charge in [-0.05, 0) is 31.0 Å². The average Bonchev–Trinajstić information content (AvgIpc) is 2.85. The summed E-state index contributed by atoms with van der Waals surface area (Å²) in [6, 6.07) is 6.08. The SMILES string of the molecule is CCCCC(=O)NCCCn1ccc2cccnc21. The van der Waals surface area contributed by atoms with E-state index in [4.69, 9.17) is 0 Å². The average molecular weight is 259 g/mol. The van der Waals surface area contributed by atoms with E-state index < -0.39 is 0 Å². The molecule has 19 heavy (non-hydrogen) atoms. The second-order valence-corrected chi connectivity index (χ2v) is 4.73. The molecule has 2 rings (SSSR count). The molecule has 0 unspecified atom stereocenters. The van der Waals surface area contributed by atoms with Crippen LogP contribution in [0.4, 0.5) is 0 Å². The van der Waals surface area contributed by atoms with E-state index in [-0.39, 0.29) is 5.91 Å². The van der Waals surface area contributed by atoms with Crippen LogP contribution < -0.4 is 5.32 Å². The predicted molar refractivity (Wildman–Crippen MR) is 76.9 cm³/mol. The van der Waals surface area contributed by atoms with Gasteiger partial charge in [-0.25, -0.2) is 4.98 Å². The van der Waals surface area contributed by atoms with E-state index >= 15 is 0 Å². The highest BCUT2D eigenvalue weighted by Gasteiger charge is 2.02. The fourth-order valence-electron chi connectivity index (χ4n) is 2.10. The third-order valence-electron chi connectivity index (χ3n) is 3.18. The number of amides is 1. The minimum Gasteiger partial charge on any atom is -0.356 e. The lowest BCUT2D eigenvalue weighted by atomic mass is 10.2. The number of pyridine rings is 1. The smallest absolute Gasteiger partial charge is 0.219 e. The van der Waals surface area contributed by atoms with Crippen LogP contribution in [0.25, 0.3) is 11.0 Å². The van der Waals surface area contributed by atoms with E-state index in [2.05, 4.69) is 40.1 Å². The molecule has 0 aliphatic heterocycles. The number of nitrogens with zero attached hydrogens (tertiary/aromatic N) is 2. The Morgan fingerprint density at radius 1 is 1.37 bits per heavy atom. The van der Waals surface area contributed by atoms with Crippen molar-refractivity contribution < 1.29 is 4.79 Å². The Morgan fingerprint density at radius 2 is 2.26 bits per heavy atom. The summed E-state index contributed by atoms with van der Waals surface area (Å²) in [5.74, 6) is 0.164. The van der Waals surface area contributed by atoms with E-state index in [9.17, 15) is 4.79 Å². The van der Waals surface area contributed by atoms with E-state index in [1.165, 1.54) is 0 Å². The number of rotatable bonds is 7. The van der Waals surface area contributed by atoms with Crippen molar-refractivity contribution in [1.29, 1.82) is 0 Å². The maximum Gasteiger partial charge on any atom is 0.219 e. The van der Waals surface area contributed by atoms with Crippen molar-refractivity contribution in [2.45, 2.75) is 39.2 Å². The lowest BCUT2D eigenvalue weighted by Crippen LogP contribution is -2.24. The van der Waals surface area contributed by atoms with Gasteiger partial charge in [0.25, 0.3) is 0 Å². The fourth-order valence-corrected chi connectivity index (χ4v) is 2.10. The van der Waals surface area contributed by atoms with Crippen LogP contribution in [0.2, 0.25) is 0 Å². The van der Waals surface area contributed by atoms with Gasteiger partial charge >= 0.3 is 0 Å². The van der Waals surface area contributed by atoms with Crippen molar-refractivity contribution in [3.63, 3.8) is 0 Å². The highest BCUT2D eigenvalue weighted by molar-refractivity contribution is 5.76. The first-order chi connectivity index (χ1) is 9.31. The van der Waals surface area contributed by atoms with Crippen molar-refractivity contribution in [3.05, 3.63) is 30.6 Å². The zero-order valence-corrected chi connectivity index (χ0v) is 11.4. The van der Waals surface area contributed by atoms with Crippen LogP contribution in [0.5, 0.6) is 0 Å². The number of unbranched alkanes of at least 4 members (excludes halogenated alkanes) is 1. The van der Waals surface area contributed by atoms with Gasteiger partial charge in [0.1, 0.15) is 5.65 Å². The van der Waals surface area contributed by atoms with E-state index in [1.54, 1.807) is 0 Å². The molecule has 0 bridgehead atoms. The lowest BCUT2D eigenvalue weighted by Gasteiger charge is -2.06. The van der Waals surface area contributed by atoms with Crippen LogP contribution in [0.3, 0.4) is 0 Å². The molecule has 4 heteroatoms. The van der Waals surface area contributed by atoms with E-state index in [0.29, 0.717) is 6.42 Å². The maximum atomic E-state index is 11.4. The molecule has 0 aliphatic rings. The predicted octanol–water partition coefficient (Wildman–Crippen LogP) is 2.73. The molecule has 4 nitrogen and oxygen atoms in total. The summed E-state index contributed by atoms with van der Waals surface area (Å²) >= 11 is 0. The summed E-state index contributed by atoms with van der Waals surface area (Å²) < 4.78 is 2.13. The third kappa shape index (κ3) is 3.81. The van der Waals surface area contributed by atoms with Gasteiger partial charge in [-0.2, -0.15) is 0 Å². The second-order valence-electron chi connectivity index (χ2n) is 4.73. The van der Waals surface area contributed by atoms with Crippen LogP contribution in [-0.2, 0) is 11.3 Å². The molecule has 0 saturated carbocycles. The Morgan fingerprint density at radius 3 is 3.11 bits per heavy atom. The number of aromatic nitrogens is 2. The van der Waals surface area contributed by atoms with Crippen molar-refractivity contribution in [1.82, 2.24) is 14.9 Å². The molecule has 0 saturated heterocycles. The van der Waals surface area contributed by atoms with Crippen molar-refractivity contribution in [3.8, 4) is 0 Å². The quantitative estimate of drug-likeness (QED) is 0.777. The number of fused-ring (bicyclic) bond motifs is 1. The van der Waals surface area contributed by atoms with Gasteiger partial charge in [0.2, 0.25) is 5.91 Å². The molecule has 0 spiro atoms. The molecule has 0 aliphatic carbocycles. The summed E-state index contributed by atoms with van der Waals surface area (Å²) in [5.41, 5.74) is 1.01. The van der Waals surface area contributed by atoms with Gasteiger partial charge in [0.15, 0.2) is 0 Å². The van der Waals surface area contributed by atoms with Crippen LogP contribution in [0, 0.1) is 0 Å². The molecule has 0 aromatic carbocycles. The molecule has 0 fully saturated rings. The molecule has 0 radical (unpaired) electrons. The topological polar surface area (TPSA) is 46.9 Å². The number of carbonyl (C=O) groups is 1. The summed E-state index contributed by atoms with van der Waals surface area (Å²) in [7, 11) is 0. The molecule has 0 atom stereocenters. The van der Waals surface area contributed by atoms with Crippen molar-refractivity contribution in [2.24, 2.45) is 0 Å². The summed E-state index contributed by atoms with van der Waals surface area (Å²) in [4.78, 5) is 15.8. The van der Waals surface area contributed by atoms with E-state index in [1.807, 2.05) is 12.3 Å². The highest BCUT2D eigenvalue weighted by Crippen LogP contribution is 2.12. The fraction of sp³-hybridized carbons (Fsp3) is 0.467. The van der Waals surface area contributed by atoms with Crippen molar-refractivity contribution in [2.75, 3.05) is 6.54 Å². The van der Waals surface area contributed by atoms with Gasteiger partial charge in [0, 0.05) is 37.3 Å². The van der Waals surface area contributed by atoms with E-state index in [0.717, 1.165) is 43.4 Å². The molecule has 2 aromatic heterocycles. The summed E-state index contributed by atoms with van der Waals surface area (Å²) in [6.45, 7) is 3.71. The zero-order chi connectivity index (χ0) is 13.5. The largest absolute Gasteiger partial charge is 0.356 e. The van der Waals surface area contributed by atoms with Crippen LogP contribution >= 0.6 is 0 Å². The second kappa shape index (κ2) is 6.92. The Bertz CT molecular complexity index is 533. The van der Waals surface area contributed by atoms with Crippen LogP contribution in [0.1, 0.15) is 32.6 Å². The van der Waals surface area contributed by atoms with Gasteiger partial charge in [0.05, 0.1) is 0 Å². The Labute approximate surface area is 113 Å². The Kier molecular flexibility index (Phi) is 4.95. The van der Waals surface area contributed by atoms with Gasteiger partial charge in [-0.1, -0.05) is 13.3 Å². The highest BCUT2D eigenvalue weighted by atomic mass is 16.1. The molecule has 1 amide bonds. The zero-order valence-electron chi connectivity index (χ0n) is 11.4. The number of nitrogens with one attached hydrogen (secondary N) is 1. The minimum absolute atomic E-state index is 0.164. The molecule has 2 aromatic rings.